The normalized spacial score (nSPS) is 11.2. The van der Waals surface area contributed by atoms with Crippen molar-refractivity contribution in [3.63, 3.8) is 0 Å². The van der Waals surface area contributed by atoms with Crippen LogP contribution in [-0.2, 0) is 9.59 Å². The van der Waals surface area contributed by atoms with E-state index in [2.05, 4.69) is 5.32 Å². The van der Waals surface area contributed by atoms with Crippen molar-refractivity contribution in [3.8, 4) is 11.5 Å². The Morgan fingerprint density at radius 1 is 0.812 bits per heavy atom. The summed E-state index contributed by atoms with van der Waals surface area (Å²) in [4.78, 5) is 26.4. The second-order valence-corrected chi connectivity index (χ2v) is 7.32. The molecule has 7 nitrogen and oxygen atoms in total. The molecule has 0 spiro atoms. The molecule has 170 valence electrons. The average molecular weight is 438 g/mol. The zero-order valence-electron chi connectivity index (χ0n) is 18.1. The molecule has 32 heavy (non-hydrogen) atoms. The molecule has 0 fully saturated rings. The maximum atomic E-state index is 12.6. The van der Waals surface area contributed by atoms with E-state index < -0.39 is 0 Å². The summed E-state index contributed by atoms with van der Waals surface area (Å²) < 4.78 is 0. The van der Waals surface area contributed by atoms with E-state index in [9.17, 15) is 19.8 Å². The molecule has 0 aliphatic heterocycles. The van der Waals surface area contributed by atoms with E-state index in [-0.39, 0.29) is 23.3 Å². The molecule has 2 aromatic carbocycles. The van der Waals surface area contributed by atoms with Crippen LogP contribution in [0.4, 0.5) is 0 Å². The number of nitrogens with zero attached hydrogens (tertiary/aromatic N) is 1. The lowest BCUT2D eigenvalue weighted by Crippen LogP contribution is -2.34. The van der Waals surface area contributed by atoms with E-state index in [1.54, 1.807) is 65.6 Å². The molecule has 2 aromatic rings. The molecule has 2 rings (SSSR count). The Kier molecular flexibility index (Phi) is 10.5. The Labute approximate surface area is 188 Å². The van der Waals surface area contributed by atoms with Gasteiger partial charge >= 0.3 is 0 Å². The van der Waals surface area contributed by atoms with Crippen LogP contribution in [0.25, 0.3) is 12.2 Å². The summed E-state index contributed by atoms with van der Waals surface area (Å²) in [5.41, 5.74) is 7.21. The zero-order valence-corrected chi connectivity index (χ0v) is 18.1. The molecule has 0 aliphatic carbocycles. The standard InChI is InChI=1S/C25H31N3O4/c26-16-1-2-18-28(25(32)15-9-21-6-12-23(30)13-7-21)19-3-17-27-24(31)14-8-20-4-10-22(29)11-5-20/h4-15,29-30H,1-3,16-19,26H2,(H,27,31)/b14-8+,15-9+. The number of amides is 2. The van der Waals surface area contributed by atoms with Crippen LogP contribution in [0.15, 0.2) is 60.7 Å². The van der Waals surface area contributed by atoms with Crippen LogP contribution in [-0.4, -0.2) is 53.1 Å². The monoisotopic (exact) mass is 437 g/mol. The number of benzene rings is 2. The lowest BCUT2D eigenvalue weighted by atomic mass is 10.2. The van der Waals surface area contributed by atoms with Gasteiger partial charge in [0.05, 0.1) is 0 Å². The molecular formula is C25H31N3O4. The first-order valence-corrected chi connectivity index (χ1v) is 10.7. The summed E-state index contributed by atoms with van der Waals surface area (Å²) in [5, 5.41) is 21.4. The quantitative estimate of drug-likeness (QED) is 0.301. The SMILES string of the molecule is NCCCCN(CCCNC(=O)/C=C/c1ccc(O)cc1)C(=O)/C=C/c1ccc(O)cc1. The molecule has 2 amide bonds. The van der Waals surface area contributed by atoms with Crippen LogP contribution in [0.3, 0.4) is 0 Å². The third-order valence-electron chi connectivity index (χ3n) is 4.73. The minimum Gasteiger partial charge on any atom is -0.508 e. The van der Waals surface area contributed by atoms with Crippen molar-refractivity contribution >= 4 is 24.0 Å². The summed E-state index contributed by atoms with van der Waals surface area (Å²) in [6, 6.07) is 13.2. The minimum absolute atomic E-state index is 0.103. The number of carbonyl (C=O) groups excluding carboxylic acids is 2. The Morgan fingerprint density at radius 3 is 1.91 bits per heavy atom. The van der Waals surface area contributed by atoms with Crippen LogP contribution in [0, 0.1) is 0 Å². The molecule has 7 heteroatoms. The molecule has 0 saturated heterocycles. The number of nitrogens with two attached hydrogens (primary N) is 1. The highest BCUT2D eigenvalue weighted by Gasteiger charge is 2.10. The highest BCUT2D eigenvalue weighted by atomic mass is 16.3. The fourth-order valence-electron chi connectivity index (χ4n) is 2.94. The number of carbonyl (C=O) groups is 2. The maximum Gasteiger partial charge on any atom is 0.246 e. The zero-order chi connectivity index (χ0) is 23.2. The molecule has 0 aliphatic rings. The number of nitrogens with one attached hydrogen (secondary N) is 1. The molecule has 0 unspecified atom stereocenters. The third-order valence-corrected chi connectivity index (χ3v) is 4.73. The van der Waals surface area contributed by atoms with Gasteiger partial charge in [0.15, 0.2) is 0 Å². The van der Waals surface area contributed by atoms with Crippen molar-refractivity contribution in [2.24, 2.45) is 5.73 Å². The van der Waals surface area contributed by atoms with Crippen LogP contribution in [0.2, 0.25) is 0 Å². The number of phenolic OH excluding ortho intramolecular Hbond substituents is 2. The van der Waals surface area contributed by atoms with Crippen molar-refractivity contribution in [2.75, 3.05) is 26.2 Å². The highest BCUT2D eigenvalue weighted by molar-refractivity contribution is 5.92. The van der Waals surface area contributed by atoms with Gasteiger partial charge in [0, 0.05) is 31.8 Å². The number of aromatic hydroxyl groups is 2. The molecule has 0 bridgehead atoms. The van der Waals surface area contributed by atoms with Gasteiger partial charge in [-0.05, 0) is 73.4 Å². The van der Waals surface area contributed by atoms with E-state index >= 15 is 0 Å². The van der Waals surface area contributed by atoms with Crippen molar-refractivity contribution in [1.82, 2.24) is 10.2 Å². The van der Waals surface area contributed by atoms with Crippen molar-refractivity contribution < 1.29 is 19.8 Å². The predicted octanol–water partition coefficient (Wildman–Crippen LogP) is 2.90. The van der Waals surface area contributed by atoms with E-state index in [0.717, 1.165) is 24.0 Å². The van der Waals surface area contributed by atoms with E-state index in [0.29, 0.717) is 32.6 Å². The number of unbranched alkanes of at least 4 members (excludes halogenated alkanes) is 1. The number of hydrogen-bond donors (Lipinski definition) is 4. The average Bonchev–Trinajstić information content (AvgIpc) is 2.79. The van der Waals surface area contributed by atoms with Gasteiger partial charge in [-0.25, -0.2) is 0 Å². The van der Waals surface area contributed by atoms with E-state index in [1.165, 1.54) is 12.2 Å². The van der Waals surface area contributed by atoms with Crippen molar-refractivity contribution in [3.05, 3.63) is 71.8 Å². The molecule has 0 radical (unpaired) electrons. The Balaban J connectivity index is 1.81. The fraction of sp³-hybridized carbons (Fsp3) is 0.280. The first-order chi connectivity index (χ1) is 15.5. The summed E-state index contributed by atoms with van der Waals surface area (Å²) >= 11 is 0. The summed E-state index contributed by atoms with van der Waals surface area (Å²) in [7, 11) is 0. The second-order valence-electron chi connectivity index (χ2n) is 7.32. The predicted molar refractivity (Wildman–Crippen MR) is 127 cm³/mol. The van der Waals surface area contributed by atoms with Crippen molar-refractivity contribution in [2.45, 2.75) is 19.3 Å². The lowest BCUT2D eigenvalue weighted by molar-refractivity contribution is -0.126. The van der Waals surface area contributed by atoms with Gasteiger partial charge in [-0.3, -0.25) is 9.59 Å². The fourth-order valence-corrected chi connectivity index (χ4v) is 2.94. The van der Waals surface area contributed by atoms with Crippen molar-refractivity contribution in [1.29, 1.82) is 0 Å². The van der Waals surface area contributed by atoms with Gasteiger partial charge in [-0.1, -0.05) is 24.3 Å². The number of phenols is 2. The number of hydrogen-bond acceptors (Lipinski definition) is 5. The minimum atomic E-state index is -0.216. The maximum absolute atomic E-state index is 12.6. The van der Waals surface area contributed by atoms with Gasteiger partial charge < -0.3 is 26.2 Å². The Bertz CT molecular complexity index is 906. The van der Waals surface area contributed by atoms with E-state index in [1.807, 2.05) is 0 Å². The summed E-state index contributed by atoms with van der Waals surface area (Å²) in [5.74, 6) is 0.0341. The smallest absolute Gasteiger partial charge is 0.246 e. The highest BCUT2D eigenvalue weighted by Crippen LogP contribution is 2.12. The largest absolute Gasteiger partial charge is 0.508 e. The summed E-state index contributed by atoms with van der Waals surface area (Å²) in [6.45, 7) is 2.14. The van der Waals surface area contributed by atoms with Gasteiger partial charge in [-0.2, -0.15) is 0 Å². The molecule has 0 saturated carbocycles. The second kappa shape index (κ2) is 13.7. The van der Waals surface area contributed by atoms with Crippen LogP contribution in [0.1, 0.15) is 30.4 Å². The molecular weight excluding hydrogens is 406 g/mol. The van der Waals surface area contributed by atoms with Crippen LogP contribution in [0.5, 0.6) is 11.5 Å². The summed E-state index contributed by atoms with van der Waals surface area (Å²) in [6.07, 6.45) is 8.63. The Hall–Kier alpha value is -3.58. The van der Waals surface area contributed by atoms with Gasteiger partial charge in [0.2, 0.25) is 11.8 Å². The van der Waals surface area contributed by atoms with E-state index in [4.69, 9.17) is 5.73 Å². The molecule has 0 aromatic heterocycles. The van der Waals surface area contributed by atoms with Gasteiger partial charge in [-0.15, -0.1) is 0 Å². The molecule has 5 N–H and O–H groups in total. The number of rotatable bonds is 12. The Morgan fingerprint density at radius 2 is 1.34 bits per heavy atom. The first-order valence-electron chi connectivity index (χ1n) is 10.7. The third kappa shape index (κ3) is 9.49. The molecule has 0 heterocycles. The lowest BCUT2D eigenvalue weighted by Gasteiger charge is -2.21. The van der Waals surface area contributed by atoms with Gasteiger partial charge in [0.25, 0.3) is 0 Å². The van der Waals surface area contributed by atoms with Crippen LogP contribution >= 0.6 is 0 Å². The topological polar surface area (TPSA) is 116 Å². The first kappa shape index (κ1) is 24.7. The van der Waals surface area contributed by atoms with Gasteiger partial charge in [0.1, 0.15) is 11.5 Å². The van der Waals surface area contributed by atoms with Crippen LogP contribution < -0.4 is 11.1 Å². The molecule has 0 atom stereocenters.